The first-order valence-electron chi connectivity index (χ1n) is 10.2. The van der Waals surface area contributed by atoms with E-state index in [0.29, 0.717) is 29.9 Å². The van der Waals surface area contributed by atoms with Gasteiger partial charge in [0, 0.05) is 48.6 Å². The molecule has 0 spiro atoms. The molecule has 3 aromatic rings. The lowest BCUT2D eigenvalue weighted by Crippen LogP contribution is -2.49. The molecule has 2 aromatic carbocycles. The van der Waals surface area contributed by atoms with E-state index < -0.39 is 10.0 Å². The van der Waals surface area contributed by atoms with Gasteiger partial charge >= 0.3 is 0 Å². The molecule has 0 radical (unpaired) electrons. The minimum Gasteiger partial charge on any atom is -0.497 e. The van der Waals surface area contributed by atoms with E-state index in [1.165, 1.54) is 16.4 Å². The first-order valence-corrected chi connectivity index (χ1v) is 12.4. The number of rotatable bonds is 6. The molecule has 8 nitrogen and oxygen atoms in total. The number of anilines is 3. The van der Waals surface area contributed by atoms with Crippen molar-refractivity contribution in [2.75, 3.05) is 43.5 Å². The average molecular weight is 508 g/mol. The van der Waals surface area contributed by atoms with E-state index >= 15 is 0 Å². The Kier molecular flexibility index (Phi) is 6.94. The van der Waals surface area contributed by atoms with Crippen molar-refractivity contribution in [3.05, 3.63) is 64.3 Å². The number of hydrogen-bond acceptors (Lipinski definition) is 7. The molecular formula is C22H23Cl2N5O3S. The Morgan fingerprint density at radius 1 is 0.970 bits per heavy atom. The fourth-order valence-corrected chi connectivity index (χ4v) is 5.68. The Bertz CT molecular complexity index is 1250. The molecule has 0 amide bonds. The van der Waals surface area contributed by atoms with Gasteiger partial charge in [0.25, 0.3) is 0 Å². The zero-order valence-corrected chi connectivity index (χ0v) is 20.5. The lowest BCUT2D eigenvalue weighted by Gasteiger charge is -2.34. The van der Waals surface area contributed by atoms with E-state index in [9.17, 15) is 8.42 Å². The fraction of sp³-hybridized carbons (Fsp3) is 0.273. The molecule has 0 saturated carbocycles. The number of methoxy groups -OCH3 is 1. The highest BCUT2D eigenvalue weighted by Crippen LogP contribution is 2.29. The van der Waals surface area contributed by atoms with E-state index in [1.54, 1.807) is 13.2 Å². The minimum atomic E-state index is -3.76. The van der Waals surface area contributed by atoms with Crippen LogP contribution in [-0.2, 0) is 10.0 Å². The number of nitrogens with zero attached hydrogens (tertiary/aromatic N) is 4. The van der Waals surface area contributed by atoms with Crippen LogP contribution in [-0.4, -0.2) is 56.0 Å². The van der Waals surface area contributed by atoms with Gasteiger partial charge < -0.3 is 15.0 Å². The van der Waals surface area contributed by atoms with Crippen molar-refractivity contribution in [1.82, 2.24) is 14.3 Å². The van der Waals surface area contributed by atoms with Crippen LogP contribution in [0.2, 0.25) is 10.0 Å². The summed E-state index contributed by atoms with van der Waals surface area (Å²) in [7, 11) is -2.13. The number of aryl methyl sites for hydroxylation is 1. The molecule has 0 atom stereocenters. The smallest absolute Gasteiger partial charge is 0.244 e. The molecule has 174 valence electrons. The molecule has 0 unspecified atom stereocenters. The van der Waals surface area contributed by atoms with Gasteiger partial charge in [0.05, 0.1) is 12.1 Å². The fourth-order valence-electron chi connectivity index (χ4n) is 3.52. The summed E-state index contributed by atoms with van der Waals surface area (Å²) in [4.78, 5) is 11.2. The summed E-state index contributed by atoms with van der Waals surface area (Å²) in [6.07, 6.45) is 0. The highest BCUT2D eigenvalue weighted by Gasteiger charge is 2.31. The minimum absolute atomic E-state index is 0.0166. The van der Waals surface area contributed by atoms with E-state index in [1.807, 2.05) is 42.2 Å². The van der Waals surface area contributed by atoms with Crippen molar-refractivity contribution < 1.29 is 13.2 Å². The summed E-state index contributed by atoms with van der Waals surface area (Å²) in [5.74, 6) is 1.97. The van der Waals surface area contributed by atoms with Gasteiger partial charge in [-0.2, -0.15) is 9.29 Å². The number of sulfonamides is 1. The molecule has 1 aliphatic heterocycles. The second kappa shape index (κ2) is 9.72. The number of halogens is 2. The quantitative estimate of drug-likeness (QED) is 0.530. The zero-order valence-electron chi connectivity index (χ0n) is 18.1. The van der Waals surface area contributed by atoms with E-state index in [4.69, 9.17) is 27.9 Å². The van der Waals surface area contributed by atoms with Crippen LogP contribution in [0.25, 0.3) is 0 Å². The first-order chi connectivity index (χ1) is 15.8. The molecule has 0 bridgehead atoms. The zero-order chi connectivity index (χ0) is 23.6. The average Bonchev–Trinajstić information content (AvgIpc) is 2.81. The molecule has 1 aromatic heterocycles. The normalized spacial score (nSPS) is 14.8. The van der Waals surface area contributed by atoms with E-state index in [0.717, 1.165) is 17.1 Å². The van der Waals surface area contributed by atoms with E-state index in [-0.39, 0.29) is 23.0 Å². The summed E-state index contributed by atoms with van der Waals surface area (Å²) in [5, 5.41) is 3.75. The number of benzene rings is 2. The molecule has 0 aliphatic carbocycles. The molecule has 1 N–H and O–H groups in total. The lowest BCUT2D eigenvalue weighted by atomic mass is 10.3. The Morgan fingerprint density at radius 3 is 2.33 bits per heavy atom. The monoisotopic (exact) mass is 507 g/mol. The number of hydrogen-bond donors (Lipinski definition) is 1. The van der Waals surface area contributed by atoms with Gasteiger partial charge in [-0.1, -0.05) is 23.2 Å². The summed E-state index contributed by atoms with van der Waals surface area (Å²) in [5.41, 5.74) is 1.67. The third-order valence-electron chi connectivity index (χ3n) is 5.24. The van der Waals surface area contributed by atoms with Gasteiger partial charge in [-0.15, -0.1) is 0 Å². The molecule has 11 heteroatoms. The first kappa shape index (κ1) is 23.6. The number of ether oxygens (including phenoxy) is 1. The van der Waals surface area contributed by atoms with Crippen molar-refractivity contribution in [3.8, 4) is 5.75 Å². The van der Waals surface area contributed by atoms with Crippen LogP contribution in [0.1, 0.15) is 5.69 Å². The van der Waals surface area contributed by atoms with Crippen LogP contribution in [0.3, 0.4) is 0 Å². The van der Waals surface area contributed by atoms with Gasteiger partial charge in [-0.3, -0.25) is 0 Å². The van der Waals surface area contributed by atoms with Crippen molar-refractivity contribution in [3.63, 3.8) is 0 Å². The molecule has 1 fully saturated rings. The lowest BCUT2D eigenvalue weighted by molar-refractivity contribution is 0.382. The van der Waals surface area contributed by atoms with Crippen LogP contribution >= 0.6 is 23.2 Å². The molecule has 2 heterocycles. The van der Waals surface area contributed by atoms with Crippen LogP contribution in [0.15, 0.2) is 53.4 Å². The maximum Gasteiger partial charge on any atom is 0.244 e. The number of nitrogens with one attached hydrogen (secondary N) is 1. The SMILES string of the molecule is COc1ccc(Nc2cc(C)nc(N3CCN(S(=O)(=O)c4cc(Cl)ccc4Cl)CC3)n2)cc1. The van der Waals surface area contributed by atoms with Gasteiger partial charge in [0.1, 0.15) is 16.5 Å². The van der Waals surface area contributed by atoms with Crippen molar-refractivity contribution in [2.45, 2.75) is 11.8 Å². The molecule has 4 rings (SSSR count). The molecule has 33 heavy (non-hydrogen) atoms. The highest BCUT2D eigenvalue weighted by molar-refractivity contribution is 7.89. The topological polar surface area (TPSA) is 87.7 Å². The maximum atomic E-state index is 13.1. The molecule has 1 saturated heterocycles. The van der Waals surface area contributed by atoms with Crippen molar-refractivity contribution >= 4 is 50.7 Å². The van der Waals surface area contributed by atoms with Crippen molar-refractivity contribution in [1.29, 1.82) is 0 Å². The second-order valence-corrected chi connectivity index (χ2v) is 10.3. The Labute approximate surface area is 203 Å². The molecular weight excluding hydrogens is 485 g/mol. The van der Waals surface area contributed by atoms with Crippen LogP contribution < -0.4 is 15.0 Å². The Balaban J connectivity index is 1.47. The number of aromatic nitrogens is 2. The van der Waals surface area contributed by atoms with Gasteiger partial charge in [0.15, 0.2) is 0 Å². The predicted molar refractivity (Wildman–Crippen MR) is 130 cm³/mol. The standard InChI is InChI=1S/C22H23Cl2N5O3S/c1-15-13-21(26-17-4-6-18(32-2)7-5-17)27-22(25-15)28-9-11-29(12-10-28)33(30,31)20-14-16(23)3-8-19(20)24/h3-8,13-14H,9-12H2,1-2H3,(H,25,26,27). The van der Waals surface area contributed by atoms with Crippen LogP contribution in [0.5, 0.6) is 5.75 Å². The van der Waals surface area contributed by atoms with Gasteiger partial charge in [-0.05, 0) is 49.4 Å². The van der Waals surface area contributed by atoms with E-state index in [2.05, 4.69) is 15.3 Å². The largest absolute Gasteiger partial charge is 0.497 e. The van der Waals surface area contributed by atoms with Crippen LogP contribution in [0, 0.1) is 6.92 Å². The summed E-state index contributed by atoms with van der Waals surface area (Å²) >= 11 is 12.1. The summed E-state index contributed by atoms with van der Waals surface area (Å²) in [6.45, 7) is 3.35. The van der Waals surface area contributed by atoms with Crippen molar-refractivity contribution in [2.24, 2.45) is 0 Å². The molecule has 1 aliphatic rings. The second-order valence-electron chi connectivity index (χ2n) is 7.51. The van der Waals surface area contributed by atoms with Gasteiger partial charge in [-0.25, -0.2) is 13.4 Å². The predicted octanol–water partition coefficient (Wildman–Crippen LogP) is 4.35. The van der Waals surface area contributed by atoms with Crippen LogP contribution in [0.4, 0.5) is 17.5 Å². The summed E-state index contributed by atoms with van der Waals surface area (Å²) < 4.78 is 32.7. The highest BCUT2D eigenvalue weighted by atomic mass is 35.5. The third-order valence-corrected chi connectivity index (χ3v) is 7.85. The maximum absolute atomic E-state index is 13.1. The summed E-state index contributed by atoms with van der Waals surface area (Å²) in [6, 6.07) is 13.8. The Morgan fingerprint density at radius 2 is 1.67 bits per heavy atom. The third kappa shape index (κ3) is 5.33. The van der Waals surface area contributed by atoms with Gasteiger partial charge in [0.2, 0.25) is 16.0 Å². The Hall–Kier alpha value is -2.59. The number of piperazine rings is 1.